The van der Waals surface area contributed by atoms with Crippen LogP contribution in [0.25, 0.3) is 0 Å². The van der Waals surface area contributed by atoms with Gasteiger partial charge in [-0.2, -0.15) is 0 Å². The van der Waals surface area contributed by atoms with Crippen molar-refractivity contribution in [2.24, 2.45) is 0 Å². The minimum absolute atomic E-state index is 0.118. The van der Waals surface area contributed by atoms with Crippen LogP contribution in [0.5, 0.6) is 0 Å². The minimum Gasteiger partial charge on any atom is -0.466 e. The Kier molecular flexibility index (Phi) is 5.16. The maximum Gasteiger partial charge on any atom is 0.305 e. The van der Waals surface area contributed by atoms with Crippen molar-refractivity contribution in [2.75, 3.05) is 26.3 Å². The van der Waals surface area contributed by atoms with E-state index in [-0.39, 0.29) is 11.6 Å². The number of esters is 1. The van der Waals surface area contributed by atoms with Crippen LogP contribution in [0.2, 0.25) is 10.0 Å². The van der Waals surface area contributed by atoms with Crippen molar-refractivity contribution in [3.63, 3.8) is 0 Å². The summed E-state index contributed by atoms with van der Waals surface area (Å²) in [6.07, 6.45) is 2.24. The summed E-state index contributed by atoms with van der Waals surface area (Å²) in [4.78, 5) is 13.8. The van der Waals surface area contributed by atoms with Crippen LogP contribution in [0.4, 0.5) is 0 Å². The molecule has 0 saturated carbocycles. The third-order valence-corrected chi connectivity index (χ3v) is 5.41. The number of ether oxygens (including phenoxy) is 2. The molecule has 2 aliphatic rings. The molecular formula is C17H21Cl2NO3. The second kappa shape index (κ2) is 6.98. The number of rotatable bonds is 6. The molecule has 2 atom stereocenters. The summed E-state index contributed by atoms with van der Waals surface area (Å²) >= 11 is 12.2. The number of hydrogen-bond donors (Lipinski definition) is 0. The molecule has 1 aromatic rings. The fourth-order valence-electron chi connectivity index (χ4n) is 3.55. The quantitative estimate of drug-likeness (QED) is 0.728. The lowest BCUT2D eigenvalue weighted by molar-refractivity contribution is -0.143. The SMILES string of the molecule is CCOC(=O)CCCN1CC2(c3ccc(Cl)c(Cl)c3)CC1CO2. The van der Waals surface area contributed by atoms with Gasteiger partial charge in [0.25, 0.3) is 0 Å². The molecule has 2 unspecified atom stereocenters. The maximum atomic E-state index is 11.4. The van der Waals surface area contributed by atoms with Crippen LogP contribution in [0, 0.1) is 0 Å². The van der Waals surface area contributed by atoms with E-state index in [1.165, 1.54) is 0 Å². The molecule has 2 fully saturated rings. The fourth-order valence-corrected chi connectivity index (χ4v) is 3.85. The molecule has 4 nitrogen and oxygen atoms in total. The summed E-state index contributed by atoms with van der Waals surface area (Å²) in [7, 11) is 0. The van der Waals surface area contributed by atoms with Crippen molar-refractivity contribution >= 4 is 29.2 Å². The molecule has 2 saturated heterocycles. The number of fused-ring (bicyclic) bond motifs is 2. The molecular weight excluding hydrogens is 337 g/mol. The first kappa shape index (κ1) is 17.0. The summed E-state index contributed by atoms with van der Waals surface area (Å²) in [6.45, 7) is 4.71. The normalized spacial score (nSPS) is 26.7. The molecule has 0 N–H and O–H groups in total. The van der Waals surface area contributed by atoms with Gasteiger partial charge in [-0.1, -0.05) is 29.3 Å². The third kappa shape index (κ3) is 3.50. The van der Waals surface area contributed by atoms with E-state index >= 15 is 0 Å². The van der Waals surface area contributed by atoms with Crippen LogP contribution >= 0.6 is 23.2 Å². The van der Waals surface area contributed by atoms with Crippen molar-refractivity contribution in [1.29, 1.82) is 0 Å². The highest BCUT2D eigenvalue weighted by Gasteiger charge is 2.51. The highest BCUT2D eigenvalue weighted by atomic mass is 35.5. The van der Waals surface area contributed by atoms with E-state index in [0.717, 1.165) is 38.1 Å². The van der Waals surface area contributed by atoms with Gasteiger partial charge >= 0.3 is 5.97 Å². The Morgan fingerprint density at radius 3 is 3.00 bits per heavy atom. The number of hydrogen-bond acceptors (Lipinski definition) is 4. The highest BCUT2D eigenvalue weighted by molar-refractivity contribution is 6.42. The topological polar surface area (TPSA) is 38.8 Å². The van der Waals surface area contributed by atoms with Crippen LogP contribution in [-0.4, -0.2) is 43.2 Å². The van der Waals surface area contributed by atoms with E-state index in [0.29, 0.717) is 29.1 Å². The Morgan fingerprint density at radius 1 is 1.43 bits per heavy atom. The van der Waals surface area contributed by atoms with E-state index in [1.54, 1.807) is 0 Å². The zero-order valence-corrected chi connectivity index (χ0v) is 14.7. The van der Waals surface area contributed by atoms with E-state index in [1.807, 2.05) is 25.1 Å². The predicted octanol–water partition coefficient (Wildman–Crippen LogP) is 3.64. The molecule has 1 aromatic carbocycles. The van der Waals surface area contributed by atoms with Gasteiger partial charge < -0.3 is 9.47 Å². The number of benzene rings is 1. The lowest BCUT2D eigenvalue weighted by Crippen LogP contribution is -2.41. The number of halogens is 2. The standard InChI is InChI=1S/C17H21Cl2NO3/c1-2-22-16(21)4-3-7-20-11-17(9-13(20)10-23-17)12-5-6-14(18)15(19)8-12/h5-6,8,13H,2-4,7,9-11H2,1H3. The van der Waals surface area contributed by atoms with E-state index in [9.17, 15) is 4.79 Å². The first-order chi connectivity index (χ1) is 11.0. The van der Waals surface area contributed by atoms with Crippen molar-refractivity contribution in [2.45, 2.75) is 37.8 Å². The smallest absolute Gasteiger partial charge is 0.305 e. The molecule has 0 aliphatic carbocycles. The van der Waals surface area contributed by atoms with Gasteiger partial charge in [0, 0.05) is 19.0 Å². The molecule has 0 spiro atoms. The summed E-state index contributed by atoms with van der Waals surface area (Å²) in [5.74, 6) is -0.118. The molecule has 6 heteroatoms. The van der Waals surface area contributed by atoms with Gasteiger partial charge in [0.15, 0.2) is 0 Å². The first-order valence-electron chi connectivity index (χ1n) is 8.03. The molecule has 0 aromatic heterocycles. The summed E-state index contributed by atoms with van der Waals surface area (Å²) in [5, 5.41) is 1.12. The van der Waals surface area contributed by atoms with Gasteiger partial charge in [-0.15, -0.1) is 0 Å². The average molecular weight is 358 g/mol. The molecule has 3 rings (SSSR count). The van der Waals surface area contributed by atoms with Crippen molar-refractivity contribution in [3.05, 3.63) is 33.8 Å². The van der Waals surface area contributed by atoms with Gasteiger partial charge in [-0.05, 0) is 44.0 Å². The van der Waals surface area contributed by atoms with Crippen LogP contribution in [0.15, 0.2) is 18.2 Å². The molecule has 0 radical (unpaired) electrons. The predicted molar refractivity (Wildman–Crippen MR) is 89.9 cm³/mol. The number of morpholine rings is 1. The molecule has 23 heavy (non-hydrogen) atoms. The molecule has 2 bridgehead atoms. The third-order valence-electron chi connectivity index (χ3n) is 4.67. The second-order valence-electron chi connectivity index (χ2n) is 6.17. The zero-order valence-electron chi connectivity index (χ0n) is 13.2. The molecule has 126 valence electrons. The van der Waals surface area contributed by atoms with Crippen molar-refractivity contribution < 1.29 is 14.3 Å². The van der Waals surface area contributed by atoms with Gasteiger partial charge in [0.05, 0.1) is 23.3 Å². The minimum atomic E-state index is -0.289. The highest BCUT2D eigenvalue weighted by Crippen LogP contribution is 2.46. The van der Waals surface area contributed by atoms with E-state index in [2.05, 4.69) is 4.90 Å². The molecule has 2 heterocycles. The Bertz CT molecular complexity index is 595. The van der Waals surface area contributed by atoms with E-state index in [4.69, 9.17) is 32.7 Å². The molecule has 0 amide bonds. The van der Waals surface area contributed by atoms with Crippen LogP contribution in [0.1, 0.15) is 31.7 Å². The Labute approximate surface area is 146 Å². The summed E-state index contributed by atoms with van der Waals surface area (Å²) < 4.78 is 11.1. The van der Waals surface area contributed by atoms with Crippen molar-refractivity contribution in [1.82, 2.24) is 4.90 Å². The molecule has 2 aliphatic heterocycles. The zero-order chi connectivity index (χ0) is 16.4. The lowest BCUT2D eigenvalue weighted by Gasteiger charge is -2.33. The largest absolute Gasteiger partial charge is 0.466 e. The van der Waals surface area contributed by atoms with Crippen molar-refractivity contribution in [3.8, 4) is 0 Å². The van der Waals surface area contributed by atoms with Crippen LogP contribution < -0.4 is 0 Å². The maximum absolute atomic E-state index is 11.4. The van der Waals surface area contributed by atoms with E-state index < -0.39 is 0 Å². The lowest BCUT2D eigenvalue weighted by atomic mass is 9.93. The van der Waals surface area contributed by atoms with Gasteiger partial charge in [0.1, 0.15) is 5.60 Å². The number of carbonyl (C=O) groups excluding carboxylic acids is 1. The summed E-state index contributed by atoms with van der Waals surface area (Å²) in [6, 6.07) is 6.15. The first-order valence-corrected chi connectivity index (χ1v) is 8.79. The summed E-state index contributed by atoms with van der Waals surface area (Å²) in [5.41, 5.74) is 0.797. The fraction of sp³-hybridized carbons (Fsp3) is 0.588. The Hall–Kier alpha value is -0.810. The Balaban J connectivity index is 1.61. The van der Waals surface area contributed by atoms with Crippen LogP contribution in [-0.2, 0) is 19.9 Å². The number of likely N-dealkylation sites (tertiary alicyclic amines) is 1. The monoisotopic (exact) mass is 357 g/mol. The van der Waals surface area contributed by atoms with Gasteiger partial charge in [-0.3, -0.25) is 9.69 Å². The van der Waals surface area contributed by atoms with Crippen LogP contribution in [0.3, 0.4) is 0 Å². The average Bonchev–Trinajstić information content (AvgIpc) is 3.10. The second-order valence-corrected chi connectivity index (χ2v) is 6.99. The number of carbonyl (C=O) groups is 1. The van der Waals surface area contributed by atoms with Gasteiger partial charge in [0.2, 0.25) is 0 Å². The Morgan fingerprint density at radius 2 is 2.26 bits per heavy atom. The van der Waals surface area contributed by atoms with Gasteiger partial charge in [-0.25, -0.2) is 0 Å². The number of nitrogens with zero attached hydrogens (tertiary/aromatic N) is 1.